The number of halogens is 2. The number of hydrogen-bond donors (Lipinski definition) is 1. The Balaban J connectivity index is 0.00000280. The van der Waals surface area contributed by atoms with E-state index in [4.69, 9.17) is 14.3 Å². The van der Waals surface area contributed by atoms with Gasteiger partial charge in [0.05, 0.1) is 19.2 Å². The minimum absolute atomic E-state index is 0. The van der Waals surface area contributed by atoms with E-state index in [1.165, 1.54) is 12.1 Å². The van der Waals surface area contributed by atoms with Crippen molar-refractivity contribution in [3.05, 3.63) is 47.4 Å². The minimum atomic E-state index is -0.245. The molecule has 0 spiro atoms. The fourth-order valence-electron chi connectivity index (χ4n) is 3.11. The molecule has 1 aliphatic heterocycles. The SMILES string of the molecule is CCNC(=NCCc1nc(C)no1)N1CC(C)OC(c2ccc(F)cc2)C1.I. The van der Waals surface area contributed by atoms with Crippen LogP contribution in [0.3, 0.4) is 0 Å². The Morgan fingerprint density at radius 2 is 2.07 bits per heavy atom. The van der Waals surface area contributed by atoms with Gasteiger partial charge < -0.3 is 19.5 Å². The highest BCUT2D eigenvalue weighted by atomic mass is 127. The summed E-state index contributed by atoms with van der Waals surface area (Å²) in [6, 6.07) is 6.48. The topological polar surface area (TPSA) is 75.8 Å². The minimum Gasteiger partial charge on any atom is -0.367 e. The number of guanidine groups is 1. The van der Waals surface area contributed by atoms with Gasteiger partial charge in [-0.1, -0.05) is 17.3 Å². The molecule has 1 aromatic carbocycles. The third-order valence-corrected chi connectivity index (χ3v) is 4.29. The number of aryl methyl sites for hydroxylation is 1. The van der Waals surface area contributed by atoms with Crippen LogP contribution in [0.2, 0.25) is 0 Å². The maximum Gasteiger partial charge on any atom is 0.228 e. The molecule has 1 fully saturated rings. The molecule has 0 bridgehead atoms. The van der Waals surface area contributed by atoms with Gasteiger partial charge in [0.15, 0.2) is 11.8 Å². The normalized spacial score (nSPS) is 20.0. The van der Waals surface area contributed by atoms with Gasteiger partial charge >= 0.3 is 0 Å². The Bertz CT molecular complexity index is 768. The van der Waals surface area contributed by atoms with Crippen LogP contribution in [0.4, 0.5) is 4.39 Å². The molecular weight excluding hydrogens is 476 g/mol. The van der Waals surface area contributed by atoms with Crippen LogP contribution in [-0.2, 0) is 11.2 Å². The van der Waals surface area contributed by atoms with E-state index >= 15 is 0 Å². The van der Waals surface area contributed by atoms with Crippen molar-refractivity contribution in [2.24, 2.45) is 4.99 Å². The van der Waals surface area contributed by atoms with Crippen molar-refractivity contribution >= 4 is 29.9 Å². The maximum absolute atomic E-state index is 13.2. The average Bonchev–Trinajstić information content (AvgIpc) is 3.06. The lowest BCUT2D eigenvalue weighted by Gasteiger charge is -2.38. The number of rotatable bonds is 5. The van der Waals surface area contributed by atoms with Gasteiger partial charge in [-0.3, -0.25) is 4.99 Å². The summed E-state index contributed by atoms with van der Waals surface area (Å²) < 4.78 is 24.4. The largest absolute Gasteiger partial charge is 0.367 e. The van der Waals surface area contributed by atoms with Crippen molar-refractivity contribution in [2.45, 2.75) is 39.4 Å². The molecular formula is C19H27FIN5O2. The van der Waals surface area contributed by atoms with Gasteiger partial charge in [-0.2, -0.15) is 4.98 Å². The number of nitrogens with one attached hydrogen (secondary N) is 1. The molecule has 154 valence electrons. The molecule has 0 radical (unpaired) electrons. The first kappa shape index (κ1) is 22.5. The number of benzene rings is 1. The zero-order chi connectivity index (χ0) is 19.2. The van der Waals surface area contributed by atoms with Crippen molar-refractivity contribution in [2.75, 3.05) is 26.2 Å². The zero-order valence-corrected chi connectivity index (χ0v) is 18.7. The van der Waals surface area contributed by atoms with Crippen molar-refractivity contribution < 1.29 is 13.7 Å². The lowest BCUT2D eigenvalue weighted by molar-refractivity contribution is -0.0605. The van der Waals surface area contributed by atoms with E-state index in [1.54, 1.807) is 19.1 Å². The summed E-state index contributed by atoms with van der Waals surface area (Å²) in [6.45, 7) is 8.59. The number of aliphatic imine (C=N–C) groups is 1. The van der Waals surface area contributed by atoms with Crippen molar-refractivity contribution in [3.8, 4) is 0 Å². The van der Waals surface area contributed by atoms with E-state index < -0.39 is 0 Å². The second kappa shape index (κ2) is 10.7. The van der Waals surface area contributed by atoms with Gasteiger partial charge in [0.2, 0.25) is 5.89 Å². The fourth-order valence-corrected chi connectivity index (χ4v) is 3.11. The van der Waals surface area contributed by atoms with E-state index in [0.717, 1.165) is 24.6 Å². The fraction of sp³-hybridized carbons (Fsp3) is 0.526. The van der Waals surface area contributed by atoms with Crippen molar-refractivity contribution in [3.63, 3.8) is 0 Å². The first-order valence-corrected chi connectivity index (χ1v) is 9.28. The number of aromatic nitrogens is 2. The lowest BCUT2D eigenvalue weighted by atomic mass is 10.1. The zero-order valence-electron chi connectivity index (χ0n) is 16.4. The van der Waals surface area contributed by atoms with Crippen LogP contribution >= 0.6 is 24.0 Å². The third-order valence-electron chi connectivity index (χ3n) is 4.29. The summed E-state index contributed by atoms with van der Waals surface area (Å²) in [6.07, 6.45) is 0.504. The predicted octanol–water partition coefficient (Wildman–Crippen LogP) is 3.11. The highest BCUT2D eigenvalue weighted by Crippen LogP contribution is 2.25. The average molecular weight is 503 g/mol. The molecule has 9 heteroatoms. The first-order valence-electron chi connectivity index (χ1n) is 9.28. The second-order valence-electron chi connectivity index (χ2n) is 6.61. The maximum atomic E-state index is 13.2. The van der Waals surface area contributed by atoms with Crippen molar-refractivity contribution in [1.82, 2.24) is 20.4 Å². The molecule has 0 saturated carbocycles. The van der Waals surface area contributed by atoms with Gasteiger partial charge in [-0.25, -0.2) is 4.39 Å². The summed E-state index contributed by atoms with van der Waals surface area (Å²) in [5, 5.41) is 7.14. The molecule has 1 aliphatic rings. The number of morpholine rings is 1. The van der Waals surface area contributed by atoms with E-state index in [9.17, 15) is 4.39 Å². The molecule has 2 heterocycles. The molecule has 1 N–H and O–H groups in total. The molecule has 1 aromatic heterocycles. The van der Waals surface area contributed by atoms with Crippen LogP contribution in [0.25, 0.3) is 0 Å². The van der Waals surface area contributed by atoms with Gasteiger partial charge in [-0.15, -0.1) is 24.0 Å². The molecule has 2 aromatic rings. The van der Waals surface area contributed by atoms with E-state index in [0.29, 0.717) is 31.2 Å². The highest BCUT2D eigenvalue weighted by Gasteiger charge is 2.28. The third kappa shape index (κ3) is 6.13. The van der Waals surface area contributed by atoms with Crippen LogP contribution in [0.1, 0.15) is 37.2 Å². The Labute approximate surface area is 181 Å². The molecule has 2 atom stereocenters. The summed E-state index contributed by atoms with van der Waals surface area (Å²) in [5.41, 5.74) is 0.963. The standard InChI is InChI=1S/C19H26FN5O2.HI/c1-4-21-19(22-10-9-18-23-14(3)24-27-18)25-11-13(2)26-17(12-25)15-5-7-16(20)8-6-15;/h5-8,13,17H,4,9-12H2,1-3H3,(H,21,22);1H. The Morgan fingerprint density at radius 1 is 1.32 bits per heavy atom. The van der Waals surface area contributed by atoms with E-state index in [2.05, 4.69) is 20.4 Å². The number of nitrogens with zero attached hydrogens (tertiary/aromatic N) is 4. The quantitative estimate of drug-likeness (QED) is 0.384. The monoisotopic (exact) mass is 503 g/mol. The van der Waals surface area contributed by atoms with Gasteiger partial charge in [0, 0.05) is 19.5 Å². The predicted molar refractivity (Wildman–Crippen MR) is 115 cm³/mol. The van der Waals surface area contributed by atoms with Gasteiger partial charge in [0.1, 0.15) is 11.9 Å². The van der Waals surface area contributed by atoms with Crippen LogP contribution < -0.4 is 5.32 Å². The van der Waals surface area contributed by atoms with Gasteiger partial charge in [-0.05, 0) is 38.5 Å². The summed E-state index contributed by atoms with van der Waals surface area (Å²) in [4.78, 5) is 11.1. The molecule has 1 saturated heterocycles. The lowest BCUT2D eigenvalue weighted by Crippen LogP contribution is -2.50. The van der Waals surface area contributed by atoms with Crippen LogP contribution in [-0.4, -0.2) is 53.3 Å². The first-order chi connectivity index (χ1) is 13.0. The van der Waals surface area contributed by atoms with Crippen molar-refractivity contribution in [1.29, 1.82) is 0 Å². The molecule has 0 aliphatic carbocycles. The Morgan fingerprint density at radius 3 is 2.71 bits per heavy atom. The van der Waals surface area contributed by atoms with Gasteiger partial charge in [0.25, 0.3) is 0 Å². The van der Waals surface area contributed by atoms with Crippen LogP contribution in [0.15, 0.2) is 33.8 Å². The molecule has 28 heavy (non-hydrogen) atoms. The molecule has 2 unspecified atom stereocenters. The number of ether oxygens (including phenoxy) is 1. The summed E-state index contributed by atoms with van der Waals surface area (Å²) >= 11 is 0. The second-order valence-corrected chi connectivity index (χ2v) is 6.61. The van der Waals surface area contributed by atoms with E-state index in [1.807, 2.05) is 13.8 Å². The Hall–Kier alpha value is -1.75. The smallest absolute Gasteiger partial charge is 0.228 e. The Kier molecular flexibility index (Phi) is 8.61. The summed E-state index contributed by atoms with van der Waals surface area (Å²) in [5.74, 6) is 1.80. The molecule has 7 nitrogen and oxygen atoms in total. The highest BCUT2D eigenvalue weighted by molar-refractivity contribution is 14.0. The number of hydrogen-bond acceptors (Lipinski definition) is 5. The summed E-state index contributed by atoms with van der Waals surface area (Å²) in [7, 11) is 0. The van der Waals surface area contributed by atoms with E-state index in [-0.39, 0.29) is 42.0 Å². The molecule has 3 rings (SSSR count). The van der Waals surface area contributed by atoms with Crippen LogP contribution in [0.5, 0.6) is 0 Å². The van der Waals surface area contributed by atoms with Crippen LogP contribution in [0, 0.1) is 12.7 Å². The molecule has 0 amide bonds.